The first-order valence-electron chi connectivity index (χ1n) is 7.23. The van der Waals surface area contributed by atoms with Gasteiger partial charge in [0.1, 0.15) is 5.75 Å². The number of hydrogen-bond donors (Lipinski definition) is 1. The van der Waals surface area contributed by atoms with Crippen molar-refractivity contribution in [3.63, 3.8) is 0 Å². The van der Waals surface area contributed by atoms with Gasteiger partial charge in [0.05, 0.1) is 13.7 Å². The normalized spacial score (nSPS) is 20.3. The molecular formula is C16H18FNO5. The van der Waals surface area contributed by atoms with Crippen molar-refractivity contribution in [2.24, 2.45) is 0 Å². The van der Waals surface area contributed by atoms with Crippen LogP contribution in [0.25, 0.3) is 0 Å². The number of carbonyl (C=O) groups excluding carboxylic acids is 2. The second kappa shape index (κ2) is 6.76. The zero-order chi connectivity index (χ0) is 17.0. The summed E-state index contributed by atoms with van der Waals surface area (Å²) in [6.45, 7) is -0.406. The fourth-order valence-corrected chi connectivity index (χ4v) is 2.46. The number of aliphatic carboxylic acids is 1. The largest absolute Gasteiger partial charge is 0.497 e. The highest BCUT2D eigenvalue weighted by Gasteiger charge is 2.46. The Labute approximate surface area is 132 Å². The molecule has 1 aromatic carbocycles. The van der Waals surface area contributed by atoms with E-state index in [0.717, 1.165) is 4.90 Å². The highest BCUT2D eigenvalue weighted by molar-refractivity contribution is 5.98. The van der Waals surface area contributed by atoms with Gasteiger partial charge in [-0.2, -0.15) is 0 Å². The van der Waals surface area contributed by atoms with Gasteiger partial charge in [-0.1, -0.05) is 0 Å². The SMILES string of the molecule is COc1ccc(C(=O)CCC(=O)N2CCC(F)(C(=O)O)C2)cc1. The Balaban J connectivity index is 1.87. The van der Waals surface area contributed by atoms with Gasteiger partial charge in [0, 0.05) is 31.4 Å². The molecule has 23 heavy (non-hydrogen) atoms. The van der Waals surface area contributed by atoms with Crippen molar-refractivity contribution in [2.45, 2.75) is 24.9 Å². The van der Waals surface area contributed by atoms with Crippen LogP contribution in [0, 0.1) is 0 Å². The van der Waals surface area contributed by atoms with Crippen LogP contribution < -0.4 is 4.74 Å². The van der Waals surface area contributed by atoms with Gasteiger partial charge in [-0.15, -0.1) is 0 Å². The summed E-state index contributed by atoms with van der Waals surface area (Å²) in [5, 5.41) is 8.80. The van der Waals surface area contributed by atoms with Gasteiger partial charge < -0.3 is 14.7 Å². The maximum Gasteiger partial charge on any atom is 0.343 e. The van der Waals surface area contributed by atoms with Crippen LogP contribution >= 0.6 is 0 Å². The number of benzene rings is 1. The highest BCUT2D eigenvalue weighted by atomic mass is 19.1. The van der Waals surface area contributed by atoms with Gasteiger partial charge in [0.2, 0.25) is 11.6 Å². The third-order valence-corrected chi connectivity index (χ3v) is 3.93. The summed E-state index contributed by atoms with van der Waals surface area (Å²) in [6.07, 6.45) is -0.297. The van der Waals surface area contributed by atoms with E-state index in [1.54, 1.807) is 24.3 Å². The summed E-state index contributed by atoms with van der Waals surface area (Å²) in [5.74, 6) is -1.54. The minimum Gasteiger partial charge on any atom is -0.497 e. The molecule has 2 rings (SSSR count). The summed E-state index contributed by atoms with van der Waals surface area (Å²) < 4.78 is 18.9. The molecule has 1 saturated heterocycles. The lowest BCUT2D eigenvalue weighted by atomic mass is 10.1. The number of nitrogens with zero attached hydrogens (tertiary/aromatic N) is 1. The molecule has 1 heterocycles. The van der Waals surface area contributed by atoms with Crippen molar-refractivity contribution in [2.75, 3.05) is 20.2 Å². The molecule has 1 amide bonds. The van der Waals surface area contributed by atoms with Gasteiger partial charge in [0.25, 0.3) is 0 Å². The predicted molar refractivity (Wildman–Crippen MR) is 79.2 cm³/mol. The maximum absolute atomic E-state index is 13.9. The van der Waals surface area contributed by atoms with E-state index in [-0.39, 0.29) is 31.6 Å². The summed E-state index contributed by atoms with van der Waals surface area (Å²) in [5.41, 5.74) is -1.92. The molecule has 0 aliphatic carbocycles. The number of alkyl halides is 1. The van der Waals surface area contributed by atoms with Crippen molar-refractivity contribution in [1.29, 1.82) is 0 Å². The standard InChI is InChI=1S/C16H18FNO5/c1-23-12-4-2-11(3-5-12)13(19)6-7-14(20)18-9-8-16(17,10-18)15(21)22/h2-5H,6-10H2,1H3,(H,21,22). The third kappa shape index (κ3) is 3.85. The van der Waals surface area contributed by atoms with Crippen LogP contribution in [0.15, 0.2) is 24.3 Å². The van der Waals surface area contributed by atoms with Gasteiger partial charge in [-0.3, -0.25) is 9.59 Å². The van der Waals surface area contributed by atoms with Gasteiger partial charge in [-0.25, -0.2) is 9.18 Å². The number of rotatable bonds is 6. The summed E-state index contributed by atoms with van der Waals surface area (Å²) in [7, 11) is 1.52. The van der Waals surface area contributed by atoms with E-state index in [2.05, 4.69) is 0 Å². The molecule has 1 aromatic rings. The van der Waals surface area contributed by atoms with Crippen molar-refractivity contribution in [3.8, 4) is 5.75 Å². The Kier molecular flexibility index (Phi) is 4.98. The number of methoxy groups -OCH3 is 1. The Hall–Kier alpha value is -2.44. The maximum atomic E-state index is 13.9. The van der Waals surface area contributed by atoms with E-state index in [0.29, 0.717) is 11.3 Å². The first-order chi connectivity index (χ1) is 10.9. The van der Waals surface area contributed by atoms with Crippen LogP contribution in [-0.4, -0.2) is 53.5 Å². The molecule has 0 bridgehead atoms. The van der Waals surface area contributed by atoms with Crippen LogP contribution in [-0.2, 0) is 9.59 Å². The molecule has 1 fully saturated rings. The molecule has 1 atom stereocenters. The lowest BCUT2D eigenvalue weighted by molar-refractivity contribution is -0.150. The number of carboxylic acid groups (broad SMARTS) is 1. The van der Waals surface area contributed by atoms with Crippen molar-refractivity contribution in [3.05, 3.63) is 29.8 Å². The quantitative estimate of drug-likeness (QED) is 0.805. The third-order valence-electron chi connectivity index (χ3n) is 3.93. The van der Waals surface area contributed by atoms with Crippen LogP contribution in [0.3, 0.4) is 0 Å². The minimum absolute atomic E-state index is 0.00593. The number of carboxylic acids is 1. The molecular weight excluding hydrogens is 305 g/mol. The number of Topliss-reactive ketones (excluding diaryl/α,β-unsaturated/α-hetero) is 1. The second-order valence-electron chi connectivity index (χ2n) is 5.49. The molecule has 1 N–H and O–H groups in total. The Morgan fingerprint density at radius 2 is 1.91 bits per heavy atom. The van der Waals surface area contributed by atoms with E-state index in [9.17, 15) is 18.8 Å². The average Bonchev–Trinajstić information content (AvgIpc) is 2.96. The first kappa shape index (κ1) is 16.9. The van der Waals surface area contributed by atoms with Crippen LogP contribution in [0.4, 0.5) is 4.39 Å². The number of likely N-dealkylation sites (tertiary alicyclic amines) is 1. The van der Waals surface area contributed by atoms with Gasteiger partial charge in [0.15, 0.2) is 5.78 Å². The summed E-state index contributed by atoms with van der Waals surface area (Å²) in [6, 6.07) is 6.52. The van der Waals surface area contributed by atoms with Crippen LogP contribution in [0.5, 0.6) is 5.75 Å². The molecule has 7 heteroatoms. The summed E-state index contributed by atoms with van der Waals surface area (Å²) in [4.78, 5) is 36.0. The number of ketones is 1. The topological polar surface area (TPSA) is 83.9 Å². The fraction of sp³-hybridized carbons (Fsp3) is 0.438. The minimum atomic E-state index is -2.38. The zero-order valence-corrected chi connectivity index (χ0v) is 12.8. The molecule has 124 valence electrons. The highest BCUT2D eigenvalue weighted by Crippen LogP contribution is 2.26. The predicted octanol–water partition coefficient (Wildman–Crippen LogP) is 1.68. The van der Waals surface area contributed by atoms with E-state index in [1.165, 1.54) is 7.11 Å². The molecule has 0 radical (unpaired) electrons. The first-order valence-corrected chi connectivity index (χ1v) is 7.23. The van der Waals surface area contributed by atoms with Gasteiger partial charge >= 0.3 is 5.97 Å². The number of amides is 1. The molecule has 1 unspecified atom stereocenters. The van der Waals surface area contributed by atoms with Crippen molar-refractivity contribution < 1.29 is 28.6 Å². The smallest absolute Gasteiger partial charge is 0.343 e. The van der Waals surface area contributed by atoms with Gasteiger partial charge in [-0.05, 0) is 24.3 Å². The molecule has 6 nitrogen and oxygen atoms in total. The van der Waals surface area contributed by atoms with Crippen LogP contribution in [0.1, 0.15) is 29.6 Å². The fourth-order valence-electron chi connectivity index (χ4n) is 2.46. The molecule has 1 aliphatic rings. The zero-order valence-electron chi connectivity index (χ0n) is 12.8. The van der Waals surface area contributed by atoms with Crippen molar-refractivity contribution in [1.82, 2.24) is 4.90 Å². The van der Waals surface area contributed by atoms with Crippen molar-refractivity contribution >= 4 is 17.7 Å². The molecule has 0 spiro atoms. The lowest BCUT2D eigenvalue weighted by Gasteiger charge is -2.17. The van der Waals surface area contributed by atoms with E-state index in [1.807, 2.05) is 0 Å². The Morgan fingerprint density at radius 3 is 2.43 bits per heavy atom. The molecule has 0 saturated carbocycles. The average molecular weight is 323 g/mol. The Bertz CT molecular complexity index is 615. The van der Waals surface area contributed by atoms with Crippen LogP contribution in [0.2, 0.25) is 0 Å². The van der Waals surface area contributed by atoms with E-state index >= 15 is 0 Å². The lowest BCUT2D eigenvalue weighted by Crippen LogP contribution is -2.38. The molecule has 0 aromatic heterocycles. The Morgan fingerprint density at radius 1 is 1.26 bits per heavy atom. The molecule has 1 aliphatic heterocycles. The summed E-state index contributed by atoms with van der Waals surface area (Å²) >= 11 is 0. The number of carbonyl (C=O) groups is 3. The monoisotopic (exact) mass is 323 g/mol. The number of hydrogen-bond acceptors (Lipinski definition) is 4. The second-order valence-corrected chi connectivity index (χ2v) is 5.49. The van der Waals surface area contributed by atoms with E-state index < -0.39 is 24.1 Å². The number of halogens is 1. The number of ether oxygens (including phenoxy) is 1. The van der Waals surface area contributed by atoms with E-state index in [4.69, 9.17) is 9.84 Å².